The van der Waals surface area contributed by atoms with E-state index in [2.05, 4.69) is 17.6 Å². The molecular weight excluding hydrogens is 248 g/mol. The van der Waals surface area contributed by atoms with Crippen LogP contribution < -0.4 is 10.6 Å². The minimum absolute atomic E-state index is 0.0137. The van der Waals surface area contributed by atoms with Gasteiger partial charge in [-0.1, -0.05) is 39.0 Å². The fourth-order valence-electron chi connectivity index (χ4n) is 1.70. The molecule has 19 heavy (non-hydrogen) atoms. The Labute approximate surface area is 114 Å². The van der Waals surface area contributed by atoms with Gasteiger partial charge in [0.25, 0.3) is 0 Å². The van der Waals surface area contributed by atoms with E-state index in [9.17, 15) is 9.59 Å². The molecule has 6 nitrogen and oxygen atoms in total. The molecule has 0 aromatic heterocycles. The number of aliphatic carboxylic acids is 1. The molecule has 0 bridgehead atoms. The molecule has 1 unspecified atom stereocenters. The fourth-order valence-corrected chi connectivity index (χ4v) is 1.70. The third-order valence-electron chi connectivity index (χ3n) is 2.84. The van der Waals surface area contributed by atoms with E-state index in [1.165, 1.54) is 25.7 Å². The quantitative estimate of drug-likeness (QED) is 0.429. The van der Waals surface area contributed by atoms with Crippen molar-refractivity contribution in [1.29, 1.82) is 0 Å². The van der Waals surface area contributed by atoms with Crippen LogP contribution >= 0.6 is 0 Å². The van der Waals surface area contributed by atoms with Crippen LogP contribution in [0.5, 0.6) is 0 Å². The summed E-state index contributed by atoms with van der Waals surface area (Å²) in [6.45, 7) is 2.44. The maximum absolute atomic E-state index is 11.4. The van der Waals surface area contributed by atoms with Gasteiger partial charge in [0.05, 0.1) is 0 Å². The molecule has 0 aliphatic carbocycles. The van der Waals surface area contributed by atoms with E-state index in [1.54, 1.807) is 0 Å². The Morgan fingerprint density at radius 2 is 1.74 bits per heavy atom. The van der Waals surface area contributed by atoms with E-state index >= 15 is 0 Å². The molecule has 0 heterocycles. The summed E-state index contributed by atoms with van der Waals surface area (Å²) < 4.78 is 0. The Balaban J connectivity index is 3.60. The van der Waals surface area contributed by atoms with E-state index in [0.29, 0.717) is 6.54 Å². The van der Waals surface area contributed by atoms with Gasteiger partial charge < -0.3 is 20.8 Å². The predicted molar refractivity (Wildman–Crippen MR) is 73.0 cm³/mol. The molecule has 2 amide bonds. The highest BCUT2D eigenvalue weighted by atomic mass is 16.4. The standard InChI is InChI=1S/C13H26N2O4/c1-2-3-4-5-6-7-9-14-13(19)15-11(8-10-16)12(17)18/h11,16H,2-10H2,1H3,(H,17,18)(H2,14,15,19). The summed E-state index contributed by atoms with van der Waals surface area (Å²) in [5.74, 6) is -1.14. The average molecular weight is 274 g/mol. The average Bonchev–Trinajstić information content (AvgIpc) is 2.37. The van der Waals surface area contributed by atoms with E-state index in [4.69, 9.17) is 10.2 Å². The van der Waals surface area contributed by atoms with Crippen molar-refractivity contribution < 1.29 is 19.8 Å². The molecule has 0 aliphatic rings. The van der Waals surface area contributed by atoms with Crippen LogP contribution in [0.1, 0.15) is 51.9 Å². The van der Waals surface area contributed by atoms with Crippen LogP contribution in [0.25, 0.3) is 0 Å². The zero-order chi connectivity index (χ0) is 14.5. The minimum Gasteiger partial charge on any atom is -0.480 e. The van der Waals surface area contributed by atoms with Crippen molar-refractivity contribution in [3.8, 4) is 0 Å². The van der Waals surface area contributed by atoms with Gasteiger partial charge in [-0.25, -0.2) is 9.59 Å². The fraction of sp³-hybridized carbons (Fsp3) is 0.846. The third-order valence-corrected chi connectivity index (χ3v) is 2.84. The molecule has 0 saturated carbocycles. The Bertz CT molecular complexity index is 259. The Kier molecular flexibility index (Phi) is 11.0. The maximum atomic E-state index is 11.4. The number of amides is 2. The molecule has 112 valence electrons. The highest BCUT2D eigenvalue weighted by Gasteiger charge is 2.18. The number of carboxylic acid groups (broad SMARTS) is 1. The first-order valence-electron chi connectivity index (χ1n) is 6.99. The Morgan fingerprint density at radius 1 is 1.11 bits per heavy atom. The largest absolute Gasteiger partial charge is 0.480 e. The smallest absolute Gasteiger partial charge is 0.326 e. The van der Waals surface area contributed by atoms with Crippen LogP contribution in [0.3, 0.4) is 0 Å². The first-order valence-corrected chi connectivity index (χ1v) is 6.99. The number of hydrogen-bond acceptors (Lipinski definition) is 3. The normalized spacial score (nSPS) is 11.9. The van der Waals surface area contributed by atoms with Crippen LogP contribution in [-0.2, 0) is 4.79 Å². The number of aliphatic hydroxyl groups is 1. The van der Waals surface area contributed by atoms with Gasteiger partial charge in [-0.15, -0.1) is 0 Å². The Morgan fingerprint density at radius 3 is 2.32 bits per heavy atom. The number of rotatable bonds is 11. The number of nitrogens with one attached hydrogen (secondary N) is 2. The monoisotopic (exact) mass is 274 g/mol. The summed E-state index contributed by atoms with van der Waals surface area (Å²) in [7, 11) is 0. The SMILES string of the molecule is CCCCCCCCNC(=O)NC(CCO)C(=O)O. The van der Waals surface area contributed by atoms with E-state index < -0.39 is 18.0 Å². The van der Waals surface area contributed by atoms with Gasteiger partial charge in [-0.05, 0) is 6.42 Å². The van der Waals surface area contributed by atoms with Crippen molar-refractivity contribution in [3.05, 3.63) is 0 Å². The predicted octanol–water partition coefficient (Wildman–Crippen LogP) is 1.48. The van der Waals surface area contributed by atoms with Crippen molar-refractivity contribution in [2.45, 2.75) is 57.9 Å². The first-order chi connectivity index (χ1) is 9.11. The molecule has 4 N–H and O–H groups in total. The van der Waals surface area contributed by atoms with Gasteiger partial charge in [0.1, 0.15) is 6.04 Å². The molecule has 0 radical (unpaired) electrons. The van der Waals surface area contributed by atoms with Crippen molar-refractivity contribution in [3.63, 3.8) is 0 Å². The molecule has 6 heteroatoms. The number of carboxylic acids is 1. The molecule has 1 atom stereocenters. The third kappa shape index (κ3) is 10.3. The van der Waals surface area contributed by atoms with Crippen molar-refractivity contribution in [2.75, 3.05) is 13.2 Å². The maximum Gasteiger partial charge on any atom is 0.326 e. The van der Waals surface area contributed by atoms with Crippen molar-refractivity contribution in [2.24, 2.45) is 0 Å². The van der Waals surface area contributed by atoms with Gasteiger partial charge >= 0.3 is 12.0 Å². The zero-order valence-corrected chi connectivity index (χ0v) is 11.7. The topological polar surface area (TPSA) is 98.7 Å². The van der Waals surface area contributed by atoms with Crippen molar-refractivity contribution in [1.82, 2.24) is 10.6 Å². The number of aliphatic hydroxyl groups excluding tert-OH is 1. The second-order valence-electron chi connectivity index (χ2n) is 4.57. The van der Waals surface area contributed by atoms with E-state index in [0.717, 1.165) is 12.8 Å². The van der Waals surface area contributed by atoms with Gasteiger partial charge in [0, 0.05) is 19.6 Å². The number of hydrogen-bond donors (Lipinski definition) is 4. The highest BCUT2D eigenvalue weighted by molar-refractivity contribution is 5.82. The minimum atomic E-state index is -1.14. The van der Waals surface area contributed by atoms with Gasteiger partial charge in [-0.3, -0.25) is 0 Å². The molecule has 0 rings (SSSR count). The molecular formula is C13H26N2O4. The summed E-state index contributed by atoms with van der Waals surface area (Å²) in [4.78, 5) is 22.1. The van der Waals surface area contributed by atoms with Crippen LogP contribution in [0.4, 0.5) is 4.79 Å². The lowest BCUT2D eigenvalue weighted by Gasteiger charge is -2.13. The Hall–Kier alpha value is -1.30. The lowest BCUT2D eigenvalue weighted by atomic mass is 10.1. The van der Waals surface area contributed by atoms with Crippen LogP contribution in [0, 0.1) is 0 Å². The van der Waals surface area contributed by atoms with Crippen LogP contribution in [0.2, 0.25) is 0 Å². The molecule has 0 aromatic rings. The zero-order valence-electron chi connectivity index (χ0n) is 11.7. The summed E-state index contributed by atoms with van der Waals surface area (Å²) in [5.41, 5.74) is 0. The second kappa shape index (κ2) is 11.8. The first kappa shape index (κ1) is 17.7. The molecule has 0 saturated heterocycles. The number of urea groups is 1. The van der Waals surface area contributed by atoms with E-state index in [-0.39, 0.29) is 13.0 Å². The van der Waals surface area contributed by atoms with Crippen molar-refractivity contribution >= 4 is 12.0 Å². The second-order valence-corrected chi connectivity index (χ2v) is 4.57. The lowest BCUT2D eigenvalue weighted by Crippen LogP contribution is -2.46. The summed E-state index contributed by atoms with van der Waals surface area (Å²) >= 11 is 0. The van der Waals surface area contributed by atoms with E-state index in [1.807, 2.05) is 0 Å². The van der Waals surface area contributed by atoms with Gasteiger partial charge in [0.15, 0.2) is 0 Å². The van der Waals surface area contributed by atoms with Gasteiger partial charge in [0.2, 0.25) is 0 Å². The molecule has 0 aromatic carbocycles. The number of carbonyl (C=O) groups is 2. The molecule has 0 aliphatic heterocycles. The molecule has 0 spiro atoms. The van der Waals surface area contributed by atoms with Crippen LogP contribution in [0.15, 0.2) is 0 Å². The summed E-state index contributed by atoms with van der Waals surface area (Å²) in [6, 6.07) is -1.52. The summed E-state index contributed by atoms with van der Waals surface area (Å²) in [6.07, 6.45) is 6.82. The molecule has 0 fully saturated rings. The lowest BCUT2D eigenvalue weighted by molar-refractivity contribution is -0.139. The van der Waals surface area contributed by atoms with Gasteiger partial charge in [-0.2, -0.15) is 0 Å². The highest BCUT2D eigenvalue weighted by Crippen LogP contribution is 2.03. The number of unbranched alkanes of at least 4 members (excludes halogenated alkanes) is 5. The van der Waals surface area contributed by atoms with Crippen LogP contribution in [-0.4, -0.2) is 41.4 Å². The number of carbonyl (C=O) groups excluding carboxylic acids is 1. The summed E-state index contributed by atoms with van der Waals surface area (Å²) in [5, 5.41) is 22.4.